The molecule has 0 aliphatic carbocycles. The van der Waals surface area contributed by atoms with E-state index in [0.717, 1.165) is 0 Å². The van der Waals surface area contributed by atoms with Crippen LogP contribution < -0.4 is 5.69 Å². The maximum absolute atomic E-state index is 11.1. The highest BCUT2D eigenvalue weighted by Crippen LogP contribution is 1.95. The molecule has 0 atom stereocenters. The lowest BCUT2D eigenvalue weighted by atomic mass is 10.3. The maximum Gasteiger partial charge on any atom is 0.347 e. The first-order valence-electron chi connectivity index (χ1n) is 3.85. The van der Waals surface area contributed by atoms with Crippen molar-refractivity contribution in [3.8, 4) is 0 Å². The Morgan fingerprint density at radius 3 is 2.92 bits per heavy atom. The summed E-state index contributed by atoms with van der Waals surface area (Å²) in [5.74, 6) is -0.467. The molecule has 0 N–H and O–H groups in total. The number of esters is 1. The van der Waals surface area contributed by atoms with Gasteiger partial charge in [0.05, 0.1) is 12.2 Å². The lowest BCUT2D eigenvalue weighted by Crippen LogP contribution is -2.21. The van der Waals surface area contributed by atoms with E-state index in [-0.39, 0.29) is 5.56 Å². The quantitative estimate of drug-likeness (QED) is 0.602. The summed E-state index contributed by atoms with van der Waals surface area (Å²) in [6.07, 6.45) is 2.60. The molecule has 0 fully saturated rings. The predicted octanol–water partition coefficient (Wildman–Crippen LogP) is -0.0430. The molecule has 5 nitrogen and oxygen atoms in total. The van der Waals surface area contributed by atoms with Gasteiger partial charge in [-0.05, 0) is 6.92 Å². The van der Waals surface area contributed by atoms with Crippen LogP contribution in [0.2, 0.25) is 0 Å². The van der Waals surface area contributed by atoms with Crippen molar-refractivity contribution in [2.75, 3.05) is 6.61 Å². The van der Waals surface area contributed by atoms with E-state index < -0.39 is 11.7 Å². The van der Waals surface area contributed by atoms with Gasteiger partial charge in [-0.15, -0.1) is 0 Å². The van der Waals surface area contributed by atoms with Gasteiger partial charge < -0.3 is 9.30 Å². The van der Waals surface area contributed by atoms with E-state index >= 15 is 0 Å². The van der Waals surface area contributed by atoms with E-state index in [2.05, 4.69) is 4.98 Å². The first kappa shape index (κ1) is 9.44. The zero-order chi connectivity index (χ0) is 9.84. The van der Waals surface area contributed by atoms with Crippen LogP contribution in [0.15, 0.2) is 17.2 Å². The van der Waals surface area contributed by atoms with E-state index in [1.54, 1.807) is 6.92 Å². The Bertz CT molecular complexity index is 370. The molecule has 0 radical (unpaired) electrons. The molecule has 0 saturated heterocycles. The van der Waals surface area contributed by atoms with Crippen molar-refractivity contribution in [3.05, 3.63) is 28.4 Å². The molecule has 13 heavy (non-hydrogen) atoms. The van der Waals surface area contributed by atoms with E-state index in [9.17, 15) is 9.59 Å². The van der Waals surface area contributed by atoms with E-state index in [1.165, 1.54) is 24.0 Å². The van der Waals surface area contributed by atoms with Gasteiger partial charge in [-0.25, -0.2) is 14.6 Å². The van der Waals surface area contributed by atoms with Crippen molar-refractivity contribution in [3.63, 3.8) is 0 Å². The van der Waals surface area contributed by atoms with Gasteiger partial charge in [0.1, 0.15) is 0 Å². The number of rotatable bonds is 2. The maximum atomic E-state index is 11.1. The summed E-state index contributed by atoms with van der Waals surface area (Å²) < 4.78 is 5.96. The van der Waals surface area contributed by atoms with Crippen LogP contribution in [0.25, 0.3) is 0 Å². The Kier molecular flexibility index (Phi) is 2.79. The number of hydrogen-bond acceptors (Lipinski definition) is 4. The van der Waals surface area contributed by atoms with Gasteiger partial charge in [-0.1, -0.05) is 0 Å². The monoisotopic (exact) mass is 182 g/mol. The zero-order valence-corrected chi connectivity index (χ0v) is 7.48. The summed E-state index contributed by atoms with van der Waals surface area (Å²) in [6.45, 7) is 2.02. The second-order valence-electron chi connectivity index (χ2n) is 2.46. The molecule has 5 heteroatoms. The third-order valence-electron chi connectivity index (χ3n) is 1.46. The van der Waals surface area contributed by atoms with Crippen molar-refractivity contribution in [2.24, 2.45) is 7.05 Å². The van der Waals surface area contributed by atoms with Crippen LogP contribution in [0.4, 0.5) is 0 Å². The molecular formula is C8H10N2O3. The van der Waals surface area contributed by atoms with Crippen LogP contribution >= 0.6 is 0 Å². The molecule has 1 heterocycles. The highest BCUT2D eigenvalue weighted by molar-refractivity contribution is 5.88. The number of carbonyl (C=O) groups is 1. The molecule has 0 saturated carbocycles. The van der Waals surface area contributed by atoms with Crippen molar-refractivity contribution >= 4 is 5.97 Å². The van der Waals surface area contributed by atoms with Crippen LogP contribution in [0.5, 0.6) is 0 Å². The fourth-order valence-electron chi connectivity index (χ4n) is 0.833. The molecule has 0 unspecified atom stereocenters. The molecule has 1 aromatic heterocycles. The molecule has 0 aromatic carbocycles. The Balaban J connectivity index is 2.97. The van der Waals surface area contributed by atoms with Crippen molar-refractivity contribution in [1.82, 2.24) is 9.55 Å². The third kappa shape index (κ3) is 2.14. The second-order valence-corrected chi connectivity index (χ2v) is 2.46. The standard InChI is InChI=1S/C8H10N2O3/c1-3-13-7(11)6-4-9-8(12)10(2)5-6/h4-5H,3H2,1-2H3. The SMILES string of the molecule is CCOC(=O)c1cnc(=O)n(C)c1. The molecule has 0 aliphatic rings. The summed E-state index contributed by atoms with van der Waals surface area (Å²) in [5.41, 5.74) is -0.114. The molecule has 1 aromatic rings. The summed E-state index contributed by atoms with van der Waals surface area (Å²) >= 11 is 0. The van der Waals surface area contributed by atoms with E-state index in [4.69, 9.17) is 4.74 Å². The minimum absolute atomic E-state index is 0.281. The summed E-state index contributed by atoms with van der Waals surface area (Å²) in [7, 11) is 1.53. The number of aryl methyl sites for hydroxylation is 1. The topological polar surface area (TPSA) is 61.2 Å². The minimum atomic E-state index is -0.467. The number of ether oxygens (including phenoxy) is 1. The van der Waals surface area contributed by atoms with Gasteiger partial charge in [0.15, 0.2) is 0 Å². The fraction of sp³-hybridized carbons (Fsp3) is 0.375. The van der Waals surface area contributed by atoms with Crippen LogP contribution in [0, 0.1) is 0 Å². The second kappa shape index (κ2) is 3.84. The molecule has 0 spiro atoms. The minimum Gasteiger partial charge on any atom is -0.462 e. The van der Waals surface area contributed by atoms with Crippen LogP contribution in [0.3, 0.4) is 0 Å². The van der Waals surface area contributed by atoms with Gasteiger partial charge in [0.25, 0.3) is 0 Å². The number of nitrogens with zero attached hydrogens (tertiary/aromatic N) is 2. The summed E-state index contributed by atoms with van der Waals surface area (Å²) in [5, 5.41) is 0. The number of carbonyl (C=O) groups excluding carboxylic acids is 1. The van der Waals surface area contributed by atoms with Crippen molar-refractivity contribution in [2.45, 2.75) is 6.92 Å². The van der Waals surface area contributed by atoms with Crippen LogP contribution in [0.1, 0.15) is 17.3 Å². The normalized spacial score (nSPS) is 9.69. The summed E-state index contributed by atoms with van der Waals surface area (Å²) in [4.78, 5) is 25.5. The predicted molar refractivity (Wildman–Crippen MR) is 45.4 cm³/mol. The third-order valence-corrected chi connectivity index (χ3v) is 1.46. The van der Waals surface area contributed by atoms with Crippen molar-refractivity contribution in [1.29, 1.82) is 0 Å². The highest BCUT2D eigenvalue weighted by atomic mass is 16.5. The van der Waals surface area contributed by atoms with Gasteiger partial charge >= 0.3 is 11.7 Å². The Morgan fingerprint density at radius 1 is 1.69 bits per heavy atom. The first-order valence-corrected chi connectivity index (χ1v) is 3.85. The first-order chi connectivity index (χ1) is 6.15. The highest BCUT2D eigenvalue weighted by Gasteiger charge is 2.07. The molecule has 0 aliphatic heterocycles. The molecule has 70 valence electrons. The lowest BCUT2D eigenvalue weighted by Gasteiger charge is -2.01. The van der Waals surface area contributed by atoms with Gasteiger partial charge in [-0.2, -0.15) is 0 Å². The molecule has 1 rings (SSSR count). The van der Waals surface area contributed by atoms with Crippen LogP contribution in [-0.2, 0) is 11.8 Å². The summed E-state index contributed by atoms with van der Waals surface area (Å²) in [6, 6.07) is 0. The Labute approximate surface area is 75.0 Å². The zero-order valence-electron chi connectivity index (χ0n) is 7.48. The Morgan fingerprint density at radius 2 is 2.38 bits per heavy atom. The van der Waals surface area contributed by atoms with Gasteiger partial charge in [0.2, 0.25) is 0 Å². The fourth-order valence-corrected chi connectivity index (χ4v) is 0.833. The largest absolute Gasteiger partial charge is 0.462 e. The molecular weight excluding hydrogens is 172 g/mol. The smallest absolute Gasteiger partial charge is 0.347 e. The van der Waals surface area contributed by atoms with Gasteiger partial charge in [0, 0.05) is 19.4 Å². The van der Waals surface area contributed by atoms with E-state index in [0.29, 0.717) is 6.61 Å². The van der Waals surface area contributed by atoms with E-state index in [1.807, 2.05) is 0 Å². The van der Waals surface area contributed by atoms with Gasteiger partial charge in [-0.3, -0.25) is 0 Å². The van der Waals surface area contributed by atoms with Crippen molar-refractivity contribution < 1.29 is 9.53 Å². The molecule has 0 bridgehead atoms. The average Bonchev–Trinajstić information content (AvgIpc) is 2.10. The Hall–Kier alpha value is -1.65. The number of aromatic nitrogens is 2. The molecule has 0 amide bonds. The lowest BCUT2D eigenvalue weighted by molar-refractivity contribution is 0.0524. The average molecular weight is 182 g/mol. The van der Waals surface area contributed by atoms with Crippen LogP contribution in [-0.4, -0.2) is 22.1 Å². The number of hydrogen-bond donors (Lipinski definition) is 0.